The van der Waals surface area contributed by atoms with Gasteiger partial charge in [0.05, 0.1) is 11.5 Å². The number of non-ortho nitro benzene ring substituents is 1. The normalized spacial score (nSPS) is 10.3. The fraction of sp³-hybridized carbons (Fsp3) is 0.250. The minimum absolute atomic E-state index is 0.0932. The molecule has 2 aromatic rings. The fourth-order valence-electron chi connectivity index (χ4n) is 1.68. The molecule has 94 valence electrons. The molecule has 0 fully saturated rings. The van der Waals surface area contributed by atoms with Crippen LogP contribution in [-0.2, 0) is 13.1 Å². The van der Waals surface area contributed by atoms with Gasteiger partial charge in [0.2, 0.25) is 0 Å². The van der Waals surface area contributed by atoms with Gasteiger partial charge in [0.15, 0.2) is 0 Å². The third kappa shape index (κ3) is 2.65. The summed E-state index contributed by atoms with van der Waals surface area (Å²) in [5.74, 6) is 0.941. The van der Waals surface area contributed by atoms with Gasteiger partial charge in [0.25, 0.3) is 5.69 Å². The molecule has 0 radical (unpaired) electrons. The van der Waals surface area contributed by atoms with Gasteiger partial charge in [-0.3, -0.25) is 10.1 Å². The average molecular weight is 246 g/mol. The Morgan fingerprint density at radius 1 is 1.39 bits per heavy atom. The zero-order chi connectivity index (χ0) is 13.0. The number of aryl methyl sites for hydroxylation is 1. The summed E-state index contributed by atoms with van der Waals surface area (Å²) in [5, 5.41) is 13.7. The van der Waals surface area contributed by atoms with Gasteiger partial charge in [-0.15, -0.1) is 0 Å². The number of imidazole rings is 1. The van der Waals surface area contributed by atoms with E-state index in [1.807, 2.05) is 10.8 Å². The monoisotopic (exact) mass is 246 g/mol. The molecular weight excluding hydrogens is 232 g/mol. The second kappa shape index (κ2) is 5.31. The minimum Gasteiger partial charge on any atom is -0.378 e. The molecule has 0 aliphatic heterocycles. The van der Waals surface area contributed by atoms with Crippen LogP contribution in [0.4, 0.5) is 11.4 Å². The van der Waals surface area contributed by atoms with Crippen LogP contribution in [0.1, 0.15) is 12.7 Å². The first kappa shape index (κ1) is 12.1. The summed E-state index contributed by atoms with van der Waals surface area (Å²) in [6, 6.07) is 6.35. The van der Waals surface area contributed by atoms with E-state index in [0.29, 0.717) is 6.54 Å². The molecule has 1 N–H and O–H groups in total. The summed E-state index contributed by atoms with van der Waals surface area (Å²) < 4.78 is 2.04. The smallest absolute Gasteiger partial charge is 0.269 e. The molecule has 6 heteroatoms. The molecule has 2 rings (SSSR count). The van der Waals surface area contributed by atoms with Crippen molar-refractivity contribution in [2.45, 2.75) is 20.0 Å². The van der Waals surface area contributed by atoms with Gasteiger partial charge in [0.1, 0.15) is 5.82 Å². The Morgan fingerprint density at radius 2 is 2.11 bits per heavy atom. The lowest BCUT2D eigenvalue weighted by Gasteiger charge is -2.07. The van der Waals surface area contributed by atoms with E-state index in [2.05, 4.69) is 17.2 Å². The third-order valence-corrected chi connectivity index (χ3v) is 2.67. The Bertz CT molecular complexity index is 533. The van der Waals surface area contributed by atoms with E-state index >= 15 is 0 Å². The number of anilines is 1. The van der Waals surface area contributed by atoms with Crippen molar-refractivity contribution in [3.8, 4) is 0 Å². The number of nitro benzene ring substituents is 1. The Morgan fingerprint density at radius 3 is 2.72 bits per heavy atom. The topological polar surface area (TPSA) is 73.0 Å². The Balaban J connectivity index is 2.00. The molecule has 0 saturated carbocycles. The predicted molar refractivity (Wildman–Crippen MR) is 68.3 cm³/mol. The van der Waals surface area contributed by atoms with Crippen LogP contribution in [0, 0.1) is 10.1 Å². The predicted octanol–water partition coefficient (Wildman–Crippen LogP) is 2.42. The van der Waals surface area contributed by atoms with Crippen LogP contribution in [0.5, 0.6) is 0 Å². The number of benzene rings is 1. The average Bonchev–Trinajstić information content (AvgIpc) is 2.84. The number of hydrogen-bond donors (Lipinski definition) is 1. The SMILES string of the molecule is CCn1ccnc1CNc1ccc([N+](=O)[O-])cc1. The van der Waals surface area contributed by atoms with Crippen molar-refractivity contribution in [2.24, 2.45) is 0 Å². The zero-order valence-electron chi connectivity index (χ0n) is 10.0. The van der Waals surface area contributed by atoms with Crippen molar-refractivity contribution in [2.75, 3.05) is 5.32 Å². The highest BCUT2D eigenvalue weighted by molar-refractivity contribution is 5.48. The van der Waals surface area contributed by atoms with E-state index in [-0.39, 0.29) is 5.69 Å². The summed E-state index contributed by atoms with van der Waals surface area (Å²) in [7, 11) is 0. The van der Waals surface area contributed by atoms with Gasteiger partial charge in [0, 0.05) is 36.8 Å². The maximum Gasteiger partial charge on any atom is 0.269 e. The summed E-state index contributed by atoms with van der Waals surface area (Å²) >= 11 is 0. The Kier molecular flexibility index (Phi) is 3.57. The van der Waals surface area contributed by atoms with E-state index < -0.39 is 4.92 Å². The number of aromatic nitrogens is 2. The molecule has 0 aliphatic rings. The van der Waals surface area contributed by atoms with Crippen molar-refractivity contribution >= 4 is 11.4 Å². The number of nitrogens with one attached hydrogen (secondary N) is 1. The van der Waals surface area contributed by atoms with Crippen LogP contribution in [0.2, 0.25) is 0 Å². The fourth-order valence-corrected chi connectivity index (χ4v) is 1.68. The van der Waals surface area contributed by atoms with Crippen LogP contribution < -0.4 is 5.32 Å². The van der Waals surface area contributed by atoms with Crippen molar-refractivity contribution in [3.05, 3.63) is 52.6 Å². The molecule has 0 unspecified atom stereocenters. The van der Waals surface area contributed by atoms with Gasteiger partial charge in [-0.25, -0.2) is 4.98 Å². The highest BCUT2D eigenvalue weighted by Gasteiger charge is 2.04. The van der Waals surface area contributed by atoms with E-state index in [1.165, 1.54) is 12.1 Å². The molecule has 0 aliphatic carbocycles. The van der Waals surface area contributed by atoms with Crippen LogP contribution in [0.15, 0.2) is 36.7 Å². The molecule has 1 aromatic heterocycles. The van der Waals surface area contributed by atoms with E-state index in [4.69, 9.17) is 0 Å². The zero-order valence-corrected chi connectivity index (χ0v) is 10.0. The second-order valence-corrected chi connectivity index (χ2v) is 3.79. The van der Waals surface area contributed by atoms with Crippen LogP contribution in [0.25, 0.3) is 0 Å². The summed E-state index contributed by atoms with van der Waals surface area (Å²) in [5.41, 5.74) is 0.932. The minimum atomic E-state index is -0.409. The molecule has 18 heavy (non-hydrogen) atoms. The van der Waals surface area contributed by atoms with Crippen LogP contribution in [-0.4, -0.2) is 14.5 Å². The molecule has 0 saturated heterocycles. The molecule has 0 amide bonds. The Labute approximate surface area is 104 Å². The highest BCUT2D eigenvalue weighted by Crippen LogP contribution is 2.15. The van der Waals surface area contributed by atoms with E-state index in [1.54, 1.807) is 18.3 Å². The van der Waals surface area contributed by atoms with Crippen molar-refractivity contribution < 1.29 is 4.92 Å². The van der Waals surface area contributed by atoms with Crippen molar-refractivity contribution in [1.82, 2.24) is 9.55 Å². The largest absolute Gasteiger partial charge is 0.378 e. The number of nitrogens with zero attached hydrogens (tertiary/aromatic N) is 3. The lowest BCUT2D eigenvalue weighted by molar-refractivity contribution is -0.384. The molecule has 0 bridgehead atoms. The molecule has 0 atom stereocenters. The lowest BCUT2D eigenvalue weighted by atomic mass is 10.3. The van der Waals surface area contributed by atoms with Gasteiger partial charge in [-0.2, -0.15) is 0 Å². The van der Waals surface area contributed by atoms with Crippen LogP contribution in [0.3, 0.4) is 0 Å². The van der Waals surface area contributed by atoms with Gasteiger partial charge < -0.3 is 9.88 Å². The number of rotatable bonds is 5. The summed E-state index contributed by atoms with van der Waals surface area (Å²) in [4.78, 5) is 14.3. The highest BCUT2D eigenvalue weighted by atomic mass is 16.6. The molecular formula is C12H14N4O2. The summed E-state index contributed by atoms with van der Waals surface area (Å²) in [6.07, 6.45) is 3.68. The van der Waals surface area contributed by atoms with Crippen molar-refractivity contribution in [1.29, 1.82) is 0 Å². The van der Waals surface area contributed by atoms with E-state index in [0.717, 1.165) is 18.1 Å². The van der Waals surface area contributed by atoms with Gasteiger partial charge >= 0.3 is 0 Å². The standard InChI is InChI=1S/C12H14N4O2/c1-2-15-8-7-13-12(15)9-14-10-3-5-11(6-4-10)16(17)18/h3-8,14H,2,9H2,1H3. The van der Waals surface area contributed by atoms with E-state index in [9.17, 15) is 10.1 Å². The first-order valence-electron chi connectivity index (χ1n) is 5.69. The molecule has 1 heterocycles. The second-order valence-electron chi connectivity index (χ2n) is 3.79. The quantitative estimate of drug-likeness (QED) is 0.649. The van der Waals surface area contributed by atoms with Crippen LogP contribution >= 0.6 is 0 Å². The maximum atomic E-state index is 10.5. The lowest BCUT2D eigenvalue weighted by Crippen LogP contribution is -2.07. The van der Waals surface area contributed by atoms with Gasteiger partial charge in [-0.05, 0) is 19.1 Å². The Hall–Kier alpha value is -2.37. The van der Waals surface area contributed by atoms with Gasteiger partial charge in [-0.1, -0.05) is 0 Å². The maximum absolute atomic E-state index is 10.5. The van der Waals surface area contributed by atoms with Crippen molar-refractivity contribution in [3.63, 3.8) is 0 Å². The first-order valence-corrected chi connectivity index (χ1v) is 5.69. The first-order chi connectivity index (χ1) is 8.70. The number of nitro groups is 1. The summed E-state index contributed by atoms with van der Waals surface area (Å²) in [6.45, 7) is 3.52. The number of hydrogen-bond acceptors (Lipinski definition) is 4. The third-order valence-electron chi connectivity index (χ3n) is 2.67. The molecule has 0 spiro atoms. The molecule has 6 nitrogen and oxygen atoms in total. The molecule has 1 aromatic carbocycles.